The van der Waals surface area contributed by atoms with E-state index < -0.39 is 5.92 Å². The van der Waals surface area contributed by atoms with Crippen molar-refractivity contribution in [2.24, 2.45) is 0 Å². The minimum absolute atomic E-state index is 0.329. The topological polar surface area (TPSA) is 74.2 Å². The van der Waals surface area contributed by atoms with Crippen LogP contribution in [0.4, 0.5) is 5.69 Å². The van der Waals surface area contributed by atoms with Crippen molar-refractivity contribution in [3.8, 4) is 11.8 Å². The molecule has 1 unspecified atom stereocenters. The molecule has 0 aliphatic carbocycles. The number of thioether (sulfide) groups is 1. The van der Waals surface area contributed by atoms with Crippen LogP contribution in [0.15, 0.2) is 94.7 Å². The van der Waals surface area contributed by atoms with Gasteiger partial charge in [-0.15, -0.1) is 11.8 Å². The Hall–Kier alpha value is -3.66. The van der Waals surface area contributed by atoms with Gasteiger partial charge in [0.05, 0.1) is 35.4 Å². The smallest absolute Gasteiger partial charge is 0.254 e. The third-order valence-corrected chi connectivity index (χ3v) is 7.51. The molecule has 1 amide bonds. The first-order valence-corrected chi connectivity index (χ1v) is 12.8. The van der Waals surface area contributed by atoms with Crippen molar-refractivity contribution in [2.75, 3.05) is 12.4 Å². The molecular weight excluding hydrogens is 490 g/mol. The Morgan fingerprint density at radius 1 is 1.08 bits per heavy atom. The molecule has 36 heavy (non-hydrogen) atoms. The van der Waals surface area contributed by atoms with Crippen molar-refractivity contribution in [2.45, 2.75) is 25.5 Å². The summed E-state index contributed by atoms with van der Waals surface area (Å²) in [6, 6.07) is 25.1. The molecule has 0 aromatic heterocycles. The Bertz CT molecular complexity index is 1410. The summed E-state index contributed by atoms with van der Waals surface area (Å²) >= 11 is 8.16. The number of allylic oxidation sites excluding steroid dienone is 2. The summed E-state index contributed by atoms with van der Waals surface area (Å²) in [6.07, 6.45) is 0. The molecule has 0 saturated carbocycles. The number of anilines is 1. The SMILES string of the molecule is COc1ccccc1NC(=O)C1=C(C)NC(SCc2ccccc2C)=C(C#N)C1c1ccccc1Cl. The minimum atomic E-state index is -0.626. The van der Waals surface area contributed by atoms with Crippen LogP contribution in [-0.4, -0.2) is 13.0 Å². The van der Waals surface area contributed by atoms with Crippen molar-refractivity contribution in [1.29, 1.82) is 5.26 Å². The van der Waals surface area contributed by atoms with Crippen molar-refractivity contribution >= 4 is 35.0 Å². The number of ether oxygens (including phenoxy) is 1. The van der Waals surface area contributed by atoms with Gasteiger partial charge in [0, 0.05) is 22.0 Å². The van der Waals surface area contributed by atoms with Gasteiger partial charge in [-0.2, -0.15) is 5.26 Å². The lowest BCUT2D eigenvalue weighted by Gasteiger charge is -2.30. The molecule has 1 aliphatic rings. The number of halogens is 1. The molecule has 0 saturated heterocycles. The molecule has 2 N–H and O–H groups in total. The predicted octanol–water partition coefficient (Wildman–Crippen LogP) is 6.93. The average molecular weight is 516 g/mol. The van der Waals surface area contributed by atoms with Crippen LogP contribution in [0.25, 0.3) is 0 Å². The summed E-state index contributed by atoms with van der Waals surface area (Å²) in [5.41, 5.74) is 5.18. The van der Waals surface area contributed by atoms with Gasteiger partial charge in [0.25, 0.3) is 5.91 Å². The number of carbonyl (C=O) groups is 1. The Kier molecular flexibility index (Phi) is 8.04. The van der Waals surface area contributed by atoms with E-state index in [1.165, 1.54) is 11.1 Å². The Morgan fingerprint density at radius 2 is 1.78 bits per heavy atom. The lowest BCUT2D eigenvalue weighted by Crippen LogP contribution is -2.31. The summed E-state index contributed by atoms with van der Waals surface area (Å²) in [5, 5.41) is 17.8. The molecule has 1 atom stereocenters. The fourth-order valence-corrected chi connectivity index (χ4v) is 5.62. The fraction of sp³-hybridized carbons (Fsp3) is 0.172. The summed E-state index contributed by atoms with van der Waals surface area (Å²) in [7, 11) is 1.55. The van der Waals surface area contributed by atoms with Gasteiger partial charge >= 0.3 is 0 Å². The number of hydrogen-bond donors (Lipinski definition) is 2. The zero-order valence-electron chi connectivity index (χ0n) is 20.3. The van der Waals surface area contributed by atoms with Crippen LogP contribution < -0.4 is 15.4 Å². The normalized spacial score (nSPS) is 15.2. The molecule has 1 aliphatic heterocycles. The van der Waals surface area contributed by atoms with Crippen LogP contribution >= 0.6 is 23.4 Å². The first-order chi connectivity index (χ1) is 17.4. The van der Waals surface area contributed by atoms with E-state index in [0.717, 1.165) is 5.03 Å². The second-order valence-electron chi connectivity index (χ2n) is 8.34. The van der Waals surface area contributed by atoms with E-state index in [0.29, 0.717) is 44.6 Å². The molecule has 5 nitrogen and oxygen atoms in total. The van der Waals surface area contributed by atoms with Gasteiger partial charge in [0.15, 0.2) is 0 Å². The minimum Gasteiger partial charge on any atom is -0.495 e. The quantitative estimate of drug-likeness (QED) is 0.357. The van der Waals surface area contributed by atoms with E-state index in [1.807, 2.05) is 49.4 Å². The van der Waals surface area contributed by atoms with Crippen LogP contribution in [0.3, 0.4) is 0 Å². The molecule has 0 bridgehead atoms. The molecular formula is C29H26ClN3O2S. The van der Waals surface area contributed by atoms with Crippen molar-refractivity contribution < 1.29 is 9.53 Å². The third kappa shape index (κ3) is 5.28. The third-order valence-electron chi connectivity index (χ3n) is 6.10. The van der Waals surface area contributed by atoms with E-state index in [1.54, 1.807) is 37.1 Å². The maximum atomic E-state index is 13.7. The fourth-order valence-electron chi connectivity index (χ4n) is 4.21. The number of hydrogen-bond acceptors (Lipinski definition) is 5. The highest BCUT2D eigenvalue weighted by molar-refractivity contribution is 8.02. The monoisotopic (exact) mass is 515 g/mol. The number of dihydropyridines is 1. The van der Waals surface area contributed by atoms with E-state index >= 15 is 0 Å². The summed E-state index contributed by atoms with van der Waals surface area (Å²) in [4.78, 5) is 13.7. The number of amides is 1. The van der Waals surface area contributed by atoms with Gasteiger partial charge in [-0.25, -0.2) is 0 Å². The van der Waals surface area contributed by atoms with Crippen LogP contribution in [0, 0.1) is 18.3 Å². The molecule has 0 fully saturated rings. The molecule has 3 aromatic carbocycles. The number of para-hydroxylation sites is 2. The lowest BCUT2D eigenvalue weighted by molar-refractivity contribution is -0.113. The van der Waals surface area contributed by atoms with E-state index in [4.69, 9.17) is 16.3 Å². The maximum absolute atomic E-state index is 13.7. The van der Waals surface area contributed by atoms with Gasteiger partial charge < -0.3 is 15.4 Å². The van der Waals surface area contributed by atoms with Gasteiger partial charge in [0.1, 0.15) is 5.75 Å². The van der Waals surface area contributed by atoms with E-state index in [-0.39, 0.29) is 5.91 Å². The number of nitriles is 1. The van der Waals surface area contributed by atoms with Crippen LogP contribution in [0.2, 0.25) is 5.02 Å². The number of carbonyl (C=O) groups excluding carboxylic acids is 1. The standard InChI is InChI=1S/C29H26ClN3O2S/c1-18-10-4-5-11-20(18)17-36-29-22(16-31)27(21-12-6-7-13-23(21)30)26(19(2)32-29)28(34)33-24-14-8-9-15-25(24)35-3/h4-15,27,32H,17H2,1-3H3,(H,33,34). The first-order valence-electron chi connectivity index (χ1n) is 11.4. The number of nitrogens with zero attached hydrogens (tertiary/aromatic N) is 1. The maximum Gasteiger partial charge on any atom is 0.254 e. The van der Waals surface area contributed by atoms with Crippen LogP contribution in [-0.2, 0) is 10.5 Å². The van der Waals surface area contributed by atoms with Crippen molar-refractivity contribution in [3.63, 3.8) is 0 Å². The number of methoxy groups -OCH3 is 1. The molecule has 3 aromatic rings. The molecule has 1 heterocycles. The van der Waals surface area contributed by atoms with Gasteiger partial charge in [-0.05, 0) is 48.7 Å². The largest absolute Gasteiger partial charge is 0.495 e. The number of aryl methyl sites for hydroxylation is 1. The number of benzene rings is 3. The van der Waals surface area contributed by atoms with Gasteiger partial charge in [-0.3, -0.25) is 4.79 Å². The Morgan fingerprint density at radius 3 is 2.50 bits per heavy atom. The number of nitrogens with one attached hydrogen (secondary N) is 2. The average Bonchev–Trinajstić information content (AvgIpc) is 2.88. The predicted molar refractivity (Wildman–Crippen MR) is 147 cm³/mol. The zero-order chi connectivity index (χ0) is 25.7. The molecule has 7 heteroatoms. The van der Waals surface area contributed by atoms with Gasteiger partial charge in [0.2, 0.25) is 0 Å². The summed E-state index contributed by atoms with van der Waals surface area (Å²) in [5.74, 6) is 0.280. The number of rotatable bonds is 7. The molecule has 0 radical (unpaired) electrons. The molecule has 0 spiro atoms. The van der Waals surface area contributed by atoms with Gasteiger partial charge in [-0.1, -0.05) is 66.2 Å². The second kappa shape index (κ2) is 11.4. The zero-order valence-corrected chi connectivity index (χ0v) is 21.8. The van der Waals surface area contributed by atoms with E-state index in [9.17, 15) is 10.1 Å². The highest BCUT2D eigenvalue weighted by atomic mass is 35.5. The summed E-state index contributed by atoms with van der Waals surface area (Å²) < 4.78 is 5.40. The van der Waals surface area contributed by atoms with Crippen LogP contribution in [0.1, 0.15) is 29.5 Å². The van der Waals surface area contributed by atoms with Crippen molar-refractivity contribution in [3.05, 3.63) is 116 Å². The second-order valence-corrected chi connectivity index (χ2v) is 9.74. The highest BCUT2D eigenvalue weighted by Crippen LogP contribution is 2.44. The Labute approximate surface area is 220 Å². The van der Waals surface area contributed by atoms with Crippen molar-refractivity contribution in [1.82, 2.24) is 5.32 Å². The lowest BCUT2D eigenvalue weighted by atomic mass is 9.82. The van der Waals surface area contributed by atoms with E-state index in [2.05, 4.69) is 35.8 Å². The first kappa shape index (κ1) is 25.4. The highest BCUT2D eigenvalue weighted by Gasteiger charge is 2.36. The van der Waals surface area contributed by atoms with Crippen LogP contribution in [0.5, 0.6) is 5.75 Å². The Balaban J connectivity index is 1.75. The summed E-state index contributed by atoms with van der Waals surface area (Å²) in [6.45, 7) is 3.92. The molecule has 182 valence electrons. The molecule has 4 rings (SSSR count).